The SMILES string of the molecule is CC(=O)O[C@@H]1Oc2c3cccc2[C@@]12c1cc(ccc1OCc1ccccc1)C[C@H](NC(=O)OCc1ccccc1)C(=O)N[C@@H](C(C)C)c1nc(c2o1)-c1ncc(o1)-c1c[nH]c2cccc-3c12. The maximum atomic E-state index is 14.6. The fraction of sp³-hybridized carbons (Fsp3) is 0.212. The molecule has 5 aromatic carbocycles. The van der Waals surface area contributed by atoms with Gasteiger partial charge in [0.25, 0.3) is 6.29 Å². The zero-order valence-corrected chi connectivity index (χ0v) is 36.1. The Balaban J connectivity index is 1.19. The van der Waals surface area contributed by atoms with Gasteiger partial charge in [-0.15, -0.1) is 0 Å². The average molecular weight is 882 g/mol. The molecule has 0 unspecified atom stereocenters. The predicted molar refractivity (Wildman–Crippen MR) is 241 cm³/mol. The van der Waals surface area contributed by atoms with E-state index in [9.17, 15) is 14.4 Å². The quantitative estimate of drug-likeness (QED) is 0.124. The second-order valence-corrected chi connectivity index (χ2v) is 17.0. The van der Waals surface area contributed by atoms with Crippen LogP contribution in [0.3, 0.4) is 0 Å². The highest BCUT2D eigenvalue weighted by Gasteiger charge is 2.61. The Morgan fingerprint density at radius 2 is 1.62 bits per heavy atom. The number of nitrogens with zero attached hydrogens (tertiary/aromatic N) is 2. The van der Waals surface area contributed by atoms with Crippen LogP contribution in [-0.2, 0) is 44.1 Å². The Labute approximate surface area is 378 Å². The lowest BCUT2D eigenvalue weighted by Gasteiger charge is -2.34. The third kappa shape index (κ3) is 6.84. The molecule has 3 aliphatic heterocycles. The normalized spacial score (nSPS) is 19.0. The van der Waals surface area contributed by atoms with Crippen molar-refractivity contribution in [2.75, 3.05) is 0 Å². The van der Waals surface area contributed by atoms with Crippen LogP contribution in [0.2, 0.25) is 0 Å². The molecule has 0 radical (unpaired) electrons. The minimum absolute atomic E-state index is 0.00132. The molecule has 3 N–H and O–H groups in total. The Bertz CT molecular complexity index is 3170. The summed E-state index contributed by atoms with van der Waals surface area (Å²) >= 11 is 0. The van der Waals surface area contributed by atoms with Gasteiger partial charge in [0.1, 0.15) is 36.8 Å². The van der Waals surface area contributed by atoms with Crippen LogP contribution in [0.5, 0.6) is 11.5 Å². The van der Waals surface area contributed by atoms with Crippen molar-refractivity contribution in [3.05, 3.63) is 167 Å². The number of para-hydroxylation sites is 1. The first-order chi connectivity index (χ1) is 32.1. The van der Waals surface area contributed by atoms with E-state index in [2.05, 4.69) is 15.6 Å². The van der Waals surface area contributed by atoms with Crippen molar-refractivity contribution in [3.8, 4) is 45.5 Å². The van der Waals surface area contributed by atoms with Crippen LogP contribution in [0, 0.1) is 5.92 Å². The van der Waals surface area contributed by atoms with Gasteiger partial charge in [-0.25, -0.2) is 14.8 Å². The van der Waals surface area contributed by atoms with Gasteiger partial charge in [0.2, 0.25) is 17.7 Å². The highest BCUT2D eigenvalue weighted by Crippen LogP contribution is 2.60. The zero-order valence-electron chi connectivity index (χ0n) is 36.1. The first kappa shape index (κ1) is 40.6. The highest BCUT2D eigenvalue weighted by atomic mass is 16.7. The van der Waals surface area contributed by atoms with E-state index < -0.39 is 41.8 Å². The molecule has 3 aliphatic rings. The fourth-order valence-electron chi connectivity index (χ4n) is 9.38. The van der Waals surface area contributed by atoms with Crippen molar-refractivity contribution in [1.29, 1.82) is 0 Å². The van der Waals surface area contributed by atoms with Gasteiger partial charge in [0.15, 0.2) is 22.6 Å². The number of ether oxygens (including phenoxy) is 4. The largest absolute Gasteiger partial charge is 0.489 e. The maximum absolute atomic E-state index is 14.6. The Hall–Kier alpha value is -8.13. The number of carbonyl (C=O) groups excluding carboxylic acids is 3. The van der Waals surface area contributed by atoms with Gasteiger partial charge in [-0.05, 0) is 40.3 Å². The van der Waals surface area contributed by atoms with Crippen molar-refractivity contribution in [1.82, 2.24) is 25.6 Å². The Morgan fingerprint density at radius 3 is 2.39 bits per heavy atom. The molecule has 11 rings (SSSR count). The topological polar surface area (TPSA) is 180 Å². The lowest BCUT2D eigenvalue weighted by atomic mass is 9.70. The van der Waals surface area contributed by atoms with Crippen molar-refractivity contribution < 1.29 is 42.2 Å². The number of H-pyrrole nitrogens is 1. The number of hydrogen-bond acceptors (Lipinski definition) is 11. The van der Waals surface area contributed by atoms with E-state index in [4.69, 9.17) is 37.7 Å². The fourth-order valence-corrected chi connectivity index (χ4v) is 9.38. The van der Waals surface area contributed by atoms with E-state index in [0.717, 1.165) is 33.2 Å². The second kappa shape index (κ2) is 16.1. The molecule has 2 amide bonds. The first-order valence-corrected chi connectivity index (χ1v) is 21.8. The minimum Gasteiger partial charge on any atom is -0.489 e. The summed E-state index contributed by atoms with van der Waals surface area (Å²) in [6.07, 6.45) is 1.34. The summed E-state index contributed by atoms with van der Waals surface area (Å²) in [4.78, 5) is 55.0. The number of carbonyl (C=O) groups is 3. The number of aromatic nitrogens is 3. The van der Waals surface area contributed by atoms with Crippen LogP contribution >= 0.6 is 0 Å². The number of aromatic amines is 1. The molecule has 330 valence electrons. The summed E-state index contributed by atoms with van der Waals surface area (Å²) < 4.78 is 39.7. The molecule has 8 aromatic rings. The minimum atomic E-state index is -1.68. The first-order valence-electron chi connectivity index (χ1n) is 21.8. The van der Waals surface area contributed by atoms with E-state index in [0.29, 0.717) is 39.5 Å². The van der Waals surface area contributed by atoms with Crippen LogP contribution in [0.25, 0.3) is 44.9 Å². The summed E-state index contributed by atoms with van der Waals surface area (Å²) in [5.74, 6) is 0.303. The highest BCUT2D eigenvalue weighted by molar-refractivity contribution is 6.06. The van der Waals surface area contributed by atoms with Crippen LogP contribution in [-0.4, -0.2) is 45.3 Å². The standard InChI is InChI=1S/C52H43N5O9/c1-28(2)43-49-57-44-46(66-49)52(36-18-10-17-34(45(36)65-50(52)63-29(3)58)33-16-11-19-38-42(33)35(24-53-38)41-25-54-48(44)64-41)37-22-32(20-21-40(37)61-26-30-12-6-4-7-13-30)23-39(47(59)56-43)55-51(60)62-27-31-14-8-5-9-15-31/h4-22,24-25,28,39,43,50,53H,23,26-27H2,1-3H3,(H,55,60)(H,56,59)/t39-,43-,50+,52-/m0/s1. The Morgan fingerprint density at radius 1 is 0.864 bits per heavy atom. The molecule has 10 bridgehead atoms. The molecule has 14 heteroatoms. The van der Waals surface area contributed by atoms with Gasteiger partial charge in [-0.1, -0.05) is 117 Å². The third-order valence-corrected chi connectivity index (χ3v) is 12.5. The molecule has 0 saturated carbocycles. The van der Waals surface area contributed by atoms with Gasteiger partial charge in [-0.3, -0.25) is 9.59 Å². The summed E-state index contributed by atoms with van der Waals surface area (Å²) in [6.45, 7) is 5.34. The lowest BCUT2D eigenvalue weighted by molar-refractivity contribution is -0.164. The van der Waals surface area contributed by atoms with Crippen LogP contribution in [0.4, 0.5) is 4.79 Å². The van der Waals surface area contributed by atoms with E-state index >= 15 is 0 Å². The molecule has 4 atom stereocenters. The van der Waals surface area contributed by atoms with Gasteiger partial charge < -0.3 is 43.4 Å². The molecule has 3 aromatic heterocycles. The Kier molecular flexibility index (Phi) is 9.94. The number of hydrogen-bond donors (Lipinski definition) is 3. The van der Waals surface area contributed by atoms with Crippen LogP contribution in [0.15, 0.2) is 136 Å². The summed E-state index contributed by atoms with van der Waals surface area (Å²) in [5.41, 5.74) is 5.03. The molecule has 1 spiro atoms. The molecule has 66 heavy (non-hydrogen) atoms. The van der Waals surface area contributed by atoms with Gasteiger partial charge in [-0.2, -0.15) is 0 Å². The summed E-state index contributed by atoms with van der Waals surface area (Å²) in [5, 5.41) is 6.83. The predicted octanol–water partition coefficient (Wildman–Crippen LogP) is 9.32. The molecule has 6 heterocycles. The number of benzene rings is 5. The third-order valence-electron chi connectivity index (χ3n) is 12.5. The average Bonchev–Trinajstić information content (AvgIpc) is 4.14. The van der Waals surface area contributed by atoms with Gasteiger partial charge >= 0.3 is 12.1 Å². The molecule has 14 nitrogen and oxygen atoms in total. The molecule has 0 aliphatic carbocycles. The van der Waals surface area contributed by atoms with Crippen molar-refractivity contribution >= 4 is 28.9 Å². The van der Waals surface area contributed by atoms with Crippen LogP contribution in [0.1, 0.15) is 66.3 Å². The number of rotatable bonds is 8. The monoisotopic (exact) mass is 881 g/mol. The van der Waals surface area contributed by atoms with E-state index in [1.54, 1.807) is 6.20 Å². The van der Waals surface area contributed by atoms with Crippen molar-refractivity contribution in [3.63, 3.8) is 0 Å². The van der Waals surface area contributed by atoms with E-state index in [-0.39, 0.29) is 48.8 Å². The van der Waals surface area contributed by atoms with Crippen molar-refractivity contribution in [2.24, 2.45) is 5.92 Å². The number of alkyl carbamates (subject to hydrolysis) is 1. The number of esters is 1. The zero-order chi connectivity index (χ0) is 45.1. The van der Waals surface area contributed by atoms with Crippen LogP contribution < -0.4 is 20.1 Å². The van der Waals surface area contributed by atoms with Gasteiger partial charge in [0.05, 0.1) is 6.20 Å². The number of oxazole rings is 2. The van der Waals surface area contributed by atoms with Gasteiger partial charge in [0, 0.05) is 52.7 Å². The molecular formula is C52H43N5O9. The number of amides is 2. The molecular weight excluding hydrogens is 839 g/mol. The smallest absolute Gasteiger partial charge is 0.408 e. The molecule has 0 fully saturated rings. The summed E-state index contributed by atoms with van der Waals surface area (Å²) in [6, 6.07) is 34.3. The second-order valence-electron chi connectivity index (χ2n) is 17.0. The van der Waals surface area contributed by atoms with Crippen molar-refractivity contribution in [2.45, 2.75) is 64.2 Å². The number of nitrogens with one attached hydrogen (secondary N) is 3. The number of fused-ring (bicyclic) bond motifs is 8. The lowest BCUT2D eigenvalue weighted by Crippen LogP contribution is -2.50. The van der Waals surface area contributed by atoms with E-state index in [1.165, 1.54) is 6.92 Å². The molecule has 0 saturated heterocycles. The summed E-state index contributed by atoms with van der Waals surface area (Å²) in [7, 11) is 0. The van der Waals surface area contributed by atoms with E-state index in [1.807, 2.05) is 135 Å². The maximum Gasteiger partial charge on any atom is 0.408 e.